The third-order valence-electron chi connectivity index (χ3n) is 5.28. The lowest BCUT2D eigenvalue weighted by Crippen LogP contribution is -2.33. The maximum Gasteiger partial charge on any atom is 0.188 e. The minimum atomic E-state index is -0.996. The van der Waals surface area contributed by atoms with Crippen molar-refractivity contribution in [2.45, 2.75) is 24.9 Å². The molecular weight excluding hydrogens is 426 g/mol. The number of aliphatic hydroxyl groups is 2. The van der Waals surface area contributed by atoms with E-state index < -0.39 is 18.3 Å². The summed E-state index contributed by atoms with van der Waals surface area (Å²) in [5.41, 5.74) is 2.03. The Kier molecular flexibility index (Phi) is 5.59. The topological polar surface area (TPSA) is 105 Å². The number of imidazole rings is 1. The first kappa shape index (κ1) is 20.6. The first-order valence-corrected chi connectivity index (χ1v) is 11.1. The molecule has 9 heteroatoms. The Morgan fingerprint density at radius 2 is 1.97 bits per heavy atom. The van der Waals surface area contributed by atoms with Crippen LogP contribution in [0.15, 0.2) is 47.8 Å². The summed E-state index contributed by atoms with van der Waals surface area (Å²) in [5.74, 6) is 7.92. The first-order valence-electron chi connectivity index (χ1n) is 10.2. The maximum atomic E-state index is 10.3. The zero-order valence-corrected chi connectivity index (χ0v) is 18.1. The molecule has 0 radical (unpaired) electrons. The predicted octanol–water partition coefficient (Wildman–Crippen LogP) is 2.12. The highest BCUT2D eigenvalue weighted by molar-refractivity contribution is 7.13. The van der Waals surface area contributed by atoms with Gasteiger partial charge in [0.2, 0.25) is 0 Å². The summed E-state index contributed by atoms with van der Waals surface area (Å²) in [4.78, 5) is 15.1. The third kappa shape index (κ3) is 3.85. The van der Waals surface area contributed by atoms with Gasteiger partial charge < -0.3 is 20.3 Å². The van der Waals surface area contributed by atoms with Crippen molar-refractivity contribution in [2.24, 2.45) is 0 Å². The van der Waals surface area contributed by atoms with Gasteiger partial charge in [-0.05, 0) is 29.5 Å². The van der Waals surface area contributed by atoms with Crippen molar-refractivity contribution in [3.8, 4) is 22.5 Å². The van der Waals surface area contributed by atoms with Crippen molar-refractivity contribution >= 4 is 28.3 Å². The summed E-state index contributed by atoms with van der Waals surface area (Å²) in [7, 11) is 1.79. The Hall–Kier alpha value is -3.29. The number of nitrogens with one attached hydrogen (secondary N) is 1. The Bertz CT molecular complexity index is 1290. The van der Waals surface area contributed by atoms with Crippen LogP contribution < -0.4 is 5.32 Å². The molecule has 1 unspecified atom stereocenters. The van der Waals surface area contributed by atoms with E-state index in [0.717, 1.165) is 10.4 Å². The molecule has 1 aromatic carbocycles. The Balaban J connectivity index is 1.66. The molecule has 162 valence electrons. The number of thiophene rings is 1. The van der Waals surface area contributed by atoms with Gasteiger partial charge in [0.15, 0.2) is 28.6 Å². The molecule has 32 heavy (non-hydrogen) atoms. The number of benzene rings is 1. The molecule has 1 aliphatic heterocycles. The lowest BCUT2D eigenvalue weighted by molar-refractivity contribution is 0.0156. The number of fused-ring (bicyclic) bond motifs is 1. The molecule has 0 amide bonds. The monoisotopic (exact) mass is 447 g/mol. The van der Waals surface area contributed by atoms with Crippen molar-refractivity contribution in [1.82, 2.24) is 19.5 Å². The molecule has 1 aliphatic rings. The fraction of sp³-hybridized carbons (Fsp3) is 0.261. The Labute approximate surface area is 188 Å². The average Bonchev–Trinajstić information content (AvgIpc) is 3.55. The number of rotatable bonds is 4. The van der Waals surface area contributed by atoms with Crippen LogP contribution >= 0.6 is 11.3 Å². The standard InChI is InChI=1S/C23H21N5O3S/c1-24-22-19-23(27-21(26-22)17-8-5-11-32-17)28(12-16-20(30)15(29)13-31-16)18(25-19)10-9-14-6-3-2-4-7-14/h2-8,11,15-16,20,29-30H,12-13H2,1H3,(H,24,26,27)/t15-,16-,20?/m0/s1. The van der Waals surface area contributed by atoms with E-state index in [0.29, 0.717) is 28.6 Å². The highest BCUT2D eigenvalue weighted by Gasteiger charge is 2.35. The third-order valence-corrected chi connectivity index (χ3v) is 6.15. The van der Waals surface area contributed by atoms with E-state index in [9.17, 15) is 10.2 Å². The second-order valence-electron chi connectivity index (χ2n) is 7.39. The van der Waals surface area contributed by atoms with Gasteiger partial charge >= 0.3 is 0 Å². The van der Waals surface area contributed by atoms with Crippen molar-refractivity contribution < 1.29 is 14.9 Å². The maximum absolute atomic E-state index is 10.3. The molecule has 8 nitrogen and oxygen atoms in total. The molecule has 0 saturated carbocycles. The zero-order valence-electron chi connectivity index (χ0n) is 17.3. The van der Waals surface area contributed by atoms with Gasteiger partial charge in [-0.1, -0.05) is 30.2 Å². The number of hydrogen-bond donors (Lipinski definition) is 3. The summed E-state index contributed by atoms with van der Waals surface area (Å²) >= 11 is 1.55. The quantitative estimate of drug-likeness (QED) is 0.412. The minimum Gasteiger partial charge on any atom is -0.388 e. The zero-order chi connectivity index (χ0) is 22.1. The van der Waals surface area contributed by atoms with Crippen LogP contribution in [-0.4, -0.2) is 61.7 Å². The smallest absolute Gasteiger partial charge is 0.188 e. The lowest BCUT2D eigenvalue weighted by Gasteiger charge is -2.16. The molecule has 3 atom stereocenters. The van der Waals surface area contributed by atoms with Crippen LogP contribution in [0.1, 0.15) is 11.4 Å². The van der Waals surface area contributed by atoms with Gasteiger partial charge in [-0.3, -0.25) is 4.57 Å². The second kappa shape index (κ2) is 8.68. The molecule has 3 N–H and O–H groups in total. The number of hydrogen-bond acceptors (Lipinski definition) is 8. The normalized spacial score (nSPS) is 20.3. The van der Waals surface area contributed by atoms with Crippen molar-refractivity contribution in [2.75, 3.05) is 19.0 Å². The second-order valence-corrected chi connectivity index (χ2v) is 8.33. The molecule has 1 fully saturated rings. The van der Waals surface area contributed by atoms with E-state index in [4.69, 9.17) is 14.7 Å². The fourth-order valence-electron chi connectivity index (χ4n) is 3.62. The number of nitrogens with zero attached hydrogens (tertiary/aromatic N) is 4. The predicted molar refractivity (Wildman–Crippen MR) is 122 cm³/mol. The molecule has 0 spiro atoms. The number of ether oxygens (including phenoxy) is 1. The number of anilines is 1. The summed E-state index contributed by atoms with van der Waals surface area (Å²) in [6, 6.07) is 13.5. The molecule has 0 aliphatic carbocycles. The summed E-state index contributed by atoms with van der Waals surface area (Å²) in [6.45, 7) is 0.332. The van der Waals surface area contributed by atoms with E-state index >= 15 is 0 Å². The minimum absolute atomic E-state index is 0.0840. The van der Waals surface area contributed by atoms with Crippen LogP contribution in [0.2, 0.25) is 0 Å². The highest BCUT2D eigenvalue weighted by atomic mass is 32.1. The van der Waals surface area contributed by atoms with Gasteiger partial charge in [-0.25, -0.2) is 15.0 Å². The molecular formula is C23H21N5O3S. The number of aromatic nitrogens is 4. The van der Waals surface area contributed by atoms with Gasteiger partial charge in [-0.15, -0.1) is 11.3 Å². The van der Waals surface area contributed by atoms with Gasteiger partial charge in [0.25, 0.3) is 0 Å². The van der Waals surface area contributed by atoms with Crippen LogP contribution in [0.3, 0.4) is 0 Å². The Morgan fingerprint density at radius 1 is 1.12 bits per heavy atom. The van der Waals surface area contributed by atoms with E-state index in [-0.39, 0.29) is 13.2 Å². The van der Waals surface area contributed by atoms with Crippen molar-refractivity contribution in [3.63, 3.8) is 0 Å². The van der Waals surface area contributed by atoms with Gasteiger partial charge in [0.05, 0.1) is 18.0 Å². The van der Waals surface area contributed by atoms with Crippen molar-refractivity contribution in [1.29, 1.82) is 0 Å². The molecule has 3 aromatic heterocycles. The van der Waals surface area contributed by atoms with Crippen LogP contribution in [0, 0.1) is 11.8 Å². The van der Waals surface area contributed by atoms with Crippen LogP contribution in [0.4, 0.5) is 5.82 Å². The summed E-state index contributed by atoms with van der Waals surface area (Å²) < 4.78 is 7.45. The van der Waals surface area contributed by atoms with Gasteiger partial charge in [0.1, 0.15) is 18.3 Å². The van der Waals surface area contributed by atoms with E-state index in [2.05, 4.69) is 22.1 Å². The molecule has 1 saturated heterocycles. The first-order chi connectivity index (χ1) is 15.6. The fourth-order valence-corrected chi connectivity index (χ4v) is 4.27. The molecule has 0 bridgehead atoms. The van der Waals surface area contributed by atoms with Crippen LogP contribution in [-0.2, 0) is 11.3 Å². The largest absolute Gasteiger partial charge is 0.388 e. The van der Waals surface area contributed by atoms with Crippen molar-refractivity contribution in [3.05, 3.63) is 59.2 Å². The van der Waals surface area contributed by atoms with E-state index in [1.54, 1.807) is 18.4 Å². The van der Waals surface area contributed by atoms with Gasteiger partial charge in [-0.2, -0.15) is 0 Å². The summed E-state index contributed by atoms with van der Waals surface area (Å²) in [6.07, 6.45) is -2.51. The molecule has 4 heterocycles. The SMILES string of the molecule is CNc1nc(-c2cccs2)nc2c1nc(C#Cc1ccccc1)n2C[C@@H]1OC[C@H](O)C1O. The van der Waals surface area contributed by atoms with E-state index in [1.807, 2.05) is 52.4 Å². The summed E-state index contributed by atoms with van der Waals surface area (Å²) in [5, 5.41) is 25.3. The Morgan fingerprint density at radius 3 is 2.66 bits per heavy atom. The molecule has 4 aromatic rings. The van der Waals surface area contributed by atoms with Crippen LogP contribution in [0.5, 0.6) is 0 Å². The highest BCUT2D eigenvalue weighted by Crippen LogP contribution is 2.29. The number of aliphatic hydroxyl groups excluding tert-OH is 2. The van der Waals surface area contributed by atoms with Gasteiger partial charge in [0, 0.05) is 12.6 Å². The van der Waals surface area contributed by atoms with E-state index in [1.165, 1.54) is 0 Å². The molecule has 5 rings (SSSR count). The van der Waals surface area contributed by atoms with Crippen LogP contribution in [0.25, 0.3) is 21.9 Å². The average molecular weight is 448 g/mol. The lowest BCUT2D eigenvalue weighted by atomic mass is 10.1.